The Morgan fingerprint density at radius 1 is 1.47 bits per heavy atom. The van der Waals surface area contributed by atoms with Crippen molar-refractivity contribution in [3.63, 3.8) is 0 Å². The summed E-state index contributed by atoms with van der Waals surface area (Å²) in [5, 5.41) is 3.43. The Kier molecular flexibility index (Phi) is 4.03. The van der Waals surface area contributed by atoms with E-state index in [2.05, 4.69) is 44.0 Å². The lowest BCUT2D eigenvalue weighted by atomic mass is 10.2. The number of nitrogens with one attached hydrogen (secondary N) is 1. The van der Waals surface area contributed by atoms with Gasteiger partial charge in [-0.25, -0.2) is 0 Å². The van der Waals surface area contributed by atoms with Crippen LogP contribution in [0.3, 0.4) is 0 Å². The second kappa shape index (κ2) is 4.88. The minimum absolute atomic E-state index is 0.115. The molecule has 0 bridgehead atoms. The number of piperazine rings is 1. The van der Waals surface area contributed by atoms with Gasteiger partial charge in [-0.15, -0.1) is 0 Å². The zero-order valence-electron chi connectivity index (χ0n) is 10.6. The number of hydrogen-bond acceptors (Lipinski definition) is 3. The Labute approximate surface area is 93.5 Å². The van der Waals surface area contributed by atoms with Crippen LogP contribution < -0.4 is 5.32 Å². The summed E-state index contributed by atoms with van der Waals surface area (Å²) in [6.45, 7) is 13.6. The molecular weight excluding hydrogens is 188 g/mol. The molecular formula is C12H24N2O. The van der Waals surface area contributed by atoms with Gasteiger partial charge in [0.05, 0.1) is 0 Å². The molecule has 0 aromatic heterocycles. The predicted octanol–water partition coefficient (Wildman–Crippen LogP) is 1.96. The summed E-state index contributed by atoms with van der Waals surface area (Å²) in [5.41, 5.74) is -0.115. The molecule has 0 radical (unpaired) electrons. The van der Waals surface area contributed by atoms with E-state index in [1.165, 1.54) is 0 Å². The molecule has 1 N–H and O–H groups in total. The van der Waals surface area contributed by atoms with Crippen molar-refractivity contribution in [2.75, 3.05) is 19.6 Å². The SMILES string of the molecule is CC=C(OC(C)(C)C)N1CCN[C@H](C)C1. The maximum Gasteiger partial charge on any atom is 0.185 e. The largest absolute Gasteiger partial charge is 0.474 e. The topological polar surface area (TPSA) is 24.5 Å². The fourth-order valence-electron chi connectivity index (χ4n) is 1.75. The molecule has 3 nitrogen and oxygen atoms in total. The lowest BCUT2D eigenvalue weighted by Gasteiger charge is -2.37. The Morgan fingerprint density at radius 2 is 2.13 bits per heavy atom. The first-order valence-electron chi connectivity index (χ1n) is 5.76. The molecule has 1 rings (SSSR count). The molecule has 0 aromatic rings. The highest BCUT2D eigenvalue weighted by atomic mass is 16.5. The first-order chi connectivity index (χ1) is 6.92. The number of rotatable bonds is 2. The van der Waals surface area contributed by atoms with Crippen molar-refractivity contribution in [1.82, 2.24) is 10.2 Å². The fraction of sp³-hybridized carbons (Fsp3) is 0.833. The highest BCUT2D eigenvalue weighted by Gasteiger charge is 2.21. The number of allylic oxidation sites excluding steroid dienone is 1. The molecule has 1 aliphatic heterocycles. The van der Waals surface area contributed by atoms with E-state index in [1.54, 1.807) is 0 Å². The molecule has 15 heavy (non-hydrogen) atoms. The van der Waals surface area contributed by atoms with Crippen LogP contribution in [0.2, 0.25) is 0 Å². The third-order valence-corrected chi connectivity index (χ3v) is 2.34. The normalized spacial score (nSPS) is 24.2. The third-order valence-electron chi connectivity index (χ3n) is 2.34. The van der Waals surface area contributed by atoms with Gasteiger partial charge < -0.3 is 15.0 Å². The third kappa shape index (κ3) is 4.12. The molecule has 1 heterocycles. The molecule has 1 atom stereocenters. The van der Waals surface area contributed by atoms with Crippen molar-refractivity contribution in [1.29, 1.82) is 0 Å². The van der Waals surface area contributed by atoms with Gasteiger partial charge in [-0.05, 0) is 40.7 Å². The summed E-state index contributed by atoms with van der Waals surface area (Å²) in [5.74, 6) is 1.01. The summed E-state index contributed by atoms with van der Waals surface area (Å²) in [4.78, 5) is 2.31. The molecule has 0 amide bonds. The first-order valence-corrected chi connectivity index (χ1v) is 5.76. The van der Waals surface area contributed by atoms with Gasteiger partial charge in [0.1, 0.15) is 5.60 Å². The summed E-state index contributed by atoms with van der Waals surface area (Å²) >= 11 is 0. The number of hydrogen-bond donors (Lipinski definition) is 1. The van der Waals surface area contributed by atoms with E-state index in [4.69, 9.17) is 4.74 Å². The van der Waals surface area contributed by atoms with Gasteiger partial charge in [0.25, 0.3) is 0 Å². The van der Waals surface area contributed by atoms with Crippen LogP contribution in [-0.2, 0) is 4.74 Å². The van der Waals surface area contributed by atoms with Crippen molar-refractivity contribution in [2.24, 2.45) is 0 Å². The number of ether oxygens (including phenoxy) is 1. The van der Waals surface area contributed by atoms with Crippen molar-refractivity contribution >= 4 is 0 Å². The van der Waals surface area contributed by atoms with Crippen molar-refractivity contribution < 1.29 is 4.74 Å². The smallest absolute Gasteiger partial charge is 0.185 e. The van der Waals surface area contributed by atoms with E-state index in [0.29, 0.717) is 6.04 Å². The van der Waals surface area contributed by atoms with Crippen LogP contribution in [0.25, 0.3) is 0 Å². The second-order valence-electron chi connectivity index (χ2n) is 5.14. The van der Waals surface area contributed by atoms with Gasteiger partial charge in [-0.2, -0.15) is 0 Å². The van der Waals surface area contributed by atoms with Crippen molar-refractivity contribution in [3.8, 4) is 0 Å². The van der Waals surface area contributed by atoms with Gasteiger partial charge in [-0.1, -0.05) is 0 Å². The highest BCUT2D eigenvalue weighted by Crippen LogP contribution is 2.18. The summed E-state index contributed by atoms with van der Waals surface area (Å²) in [7, 11) is 0. The molecule has 0 saturated carbocycles. The molecule has 3 heteroatoms. The summed E-state index contributed by atoms with van der Waals surface area (Å²) in [6.07, 6.45) is 2.06. The number of nitrogens with zero attached hydrogens (tertiary/aromatic N) is 1. The summed E-state index contributed by atoms with van der Waals surface area (Å²) < 4.78 is 5.93. The fourth-order valence-corrected chi connectivity index (χ4v) is 1.75. The molecule has 0 aliphatic carbocycles. The molecule has 88 valence electrons. The molecule has 0 aromatic carbocycles. The van der Waals surface area contributed by atoms with Gasteiger partial charge in [-0.3, -0.25) is 0 Å². The van der Waals surface area contributed by atoms with E-state index in [0.717, 1.165) is 25.5 Å². The average molecular weight is 212 g/mol. The molecule has 1 fully saturated rings. The van der Waals surface area contributed by atoms with Gasteiger partial charge in [0.15, 0.2) is 5.88 Å². The van der Waals surface area contributed by atoms with Crippen LogP contribution in [0.5, 0.6) is 0 Å². The Hall–Kier alpha value is -0.700. The molecule has 1 saturated heterocycles. The zero-order valence-corrected chi connectivity index (χ0v) is 10.6. The Morgan fingerprint density at radius 3 is 2.60 bits per heavy atom. The quantitative estimate of drug-likeness (QED) is 0.708. The van der Waals surface area contributed by atoms with Crippen LogP contribution in [0.1, 0.15) is 34.6 Å². The molecule has 0 spiro atoms. The van der Waals surface area contributed by atoms with E-state index < -0.39 is 0 Å². The Balaban J connectivity index is 2.59. The van der Waals surface area contributed by atoms with Crippen LogP contribution in [0.15, 0.2) is 12.0 Å². The molecule has 1 aliphatic rings. The predicted molar refractivity (Wildman–Crippen MR) is 63.6 cm³/mol. The minimum Gasteiger partial charge on any atom is -0.474 e. The molecule has 0 unspecified atom stereocenters. The standard InChI is InChI=1S/C12H24N2O/c1-6-11(15-12(3,4)5)14-8-7-13-10(2)9-14/h6,10,13H,7-9H2,1-5H3/t10-/m1/s1. The van der Waals surface area contributed by atoms with E-state index in [9.17, 15) is 0 Å². The highest BCUT2D eigenvalue weighted by molar-refractivity contribution is 4.96. The van der Waals surface area contributed by atoms with E-state index >= 15 is 0 Å². The van der Waals surface area contributed by atoms with Gasteiger partial charge in [0.2, 0.25) is 0 Å². The lowest BCUT2D eigenvalue weighted by Crippen LogP contribution is -2.49. The van der Waals surface area contributed by atoms with Crippen LogP contribution in [-0.4, -0.2) is 36.2 Å². The van der Waals surface area contributed by atoms with Crippen LogP contribution >= 0.6 is 0 Å². The van der Waals surface area contributed by atoms with E-state index in [1.807, 2.05) is 6.92 Å². The second-order valence-corrected chi connectivity index (χ2v) is 5.14. The minimum atomic E-state index is -0.115. The Bertz CT molecular complexity index is 230. The maximum absolute atomic E-state index is 5.93. The maximum atomic E-state index is 5.93. The van der Waals surface area contributed by atoms with Crippen molar-refractivity contribution in [2.45, 2.75) is 46.3 Å². The van der Waals surface area contributed by atoms with Gasteiger partial charge >= 0.3 is 0 Å². The van der Waals surface area contributed by atoms with E-state index in [-0.39, 0.29) is 5.60 Å². The van der Waals surface area contributed by atoms with Crippen molar-refractivity contribution in [3.05, 3.63) is 12.0 Å². The van der Waals surface area contributed by atoms with Crippen LogP contribution in [0.4, 0.5) is 0 Å². The zero-order chi connectivity index (χ0) is 11.5. The van der Waals surface area contributed by atoms with Crippen LogP contribution in [0, 0.1) is 0 Å². The lowest BCUT2D eigenvalue weighted by molar-refractivity contribution is -0.00488. The van der Waals surface area contributed by atoms with Gasteiger partial charge in [0, 0.05) is 25.7 Å². The summed E-state index contributed by atoms with van der Waals surface area (Å²) in [6, 6.07) is 0.539. The first kappa shape index (κ1) is 12.4. The average Bonchev–Trinajstić information content (AvgIpc) is 2.13. The monoisotopic (exact) mass is 212 g/mol.